The molecule has 1 aromatic rings. The maximum atomic E-state index is 5.95. The van der Waals surface area contributed by atoms with Crippen LogP contribution < -0.4 is 0 Å². The molecule has 0 saturated carbocycles. The second-order valence-corrected chi connectivity index (χ2v) is 4.79. The van der Waals surface area contributed by atoms with Crippen LogP contribution in [0.1, 0.15) is 26.3 Å². The number of halogens is 2. The van der Waals surface area contributed by atoms with Crippen molar-refractivity contribution in [2.24, 2.45) is 0 Å². The van der Waals surface area contributed by atoms with Crippen LogP contribution in [0, 0.1) is 0 Å². The van der Waals surface area contributed by atoms with Gasteiger partial charge in [-0.25, -0.2) is 4.98 Å². The Morgan fingerprint density at radius 2 is 2.00 bits per heavy atom. The zero-order valence-electron chi connectivity index (χ0n) is 8.47. The predicted octanol–water partition coefficient (Wildman–Crippen LogP) is 3.70. The Kier molecular flexibility index (Phi) is 3.76. The van der Waals surface area contributed by atoms with Crippen LogP contribution in [0.2, 0.25) is 10.2 Å². The molecule has 2 nitrogen and oxygen atoms in total. The van der Waals surface area contributed by atoms with Gasteiger partial charge in [-0.05, 0) is 26.8 Å². The molecule has 0 radical (unpaired) electrons. The van der Waals surface area contributed by atoms with Gasteiger partial charge >= 0.3 is 0 Å². The van der Waals surface area contributed by atoms with Crippen molar-refractivity contribution in [3.8, 4) is 0 Å². The average molecular weight is 234 g/mol. The Morgan fingerprint density at radius 3 is 2.50 bits per heavy atom. The fraction of sp³-hybridized carbons (Fsp3) is 0.500. The standard InChI is InChI=1S/C10H13Cl2NO/c1-10(2,3)14-6-7-5-13-9(12)4-8(7)11/h4-5H,6H2,1-3H3. The summed E-state index contributed by atoms with van der Waals surface area (Å²) in [5.41, 5.74) is 0.675. The molecule has 0 aliphatic heterocycles. The summed E-state index contributed by atoms with van der Waals surface area (Å²) in [6.45, 7) is 6.42. The molecule has 0 spiro atoms. The first kappa shape index (κ1) is 11.8. The quantitative estimate of drug-likeness (QED) is 0.728. The van der Waals surface area contributed by atoms with Gasteiger partial charge in [0.1, 0.15) is 5.15 Å². The molecule has 0 bridgehead atoms. The van der Waals surface area contributed by atoms with E-state index in [1.165, 1.54) is 0 Å². The van der Waals surface area contributed by atoms with Crippen LogP contribution in [0.25, 0.3) is 0 Å². The van der Waals surface area contributed by atoms with Crippen molar-refractivity contribution in [1.82, 2.24) is 4.98 Å². The van der Waals surface area contributed by atoms with Crippen molar-refractivity contribution in [3.05, 3.63) is 28.0 Å². The van der Waals surface area contributed by atoms with E-state index in [-0.39, 0.29) is 5.60 Å². The highest BCUT2D eigenvalue weighted by molar-refractivity contribution is 6.34. The molecule has 0 saturated heterocycles. The van der Waals surface area contributed by atoms with Crippen molar-refractivity contribution in [2.45, 2.75) is 33.0 Å². The van der Waals surface area contributed by atoms with Gasteiger partial charge in [0.05, 0.1) is 17.2 Å². The molecule has 0 aliphatic carbocycles. The van der Waals surface area contributed by atoms with Gasteiger partial charge in [-0.2, -0.15) is 0 Å². The van der Waals surface area contributed by atoms with Gasteiger partial charge in [0, 0.05) is 11.8 Å². The van der Waals surface area contributed by atoms with Crippen LogP contribution in [0.4, 0.5) is 0 Å². The van der Waals surface area contributed by atoms with Crippen molar-refractivity contribution < 1.29 is 4.74 Å². The number of ether oxygens (including phenoxy) is 1. The van der Waals surface area contributed by atoms with Gasteiger partial charge in [-0.1, -0.05) is 23.2 Å². The van der Waals surface area contributed by atoms with Crippen molar-refractivity contribution >= 4 is 23.2 Å². The summed E-state index contributed by atoms with van der Waals surface area (Å²) in [7, 11) is 0. The topological polar surface area (TPSA) is 22.1 Å². The van der Waals surface area contributed by atoms with Gasteiger partial charge < -0.3 is 4.74 Å². The predicted molar refractivity (Wildman–Crippen MR) is 58.8 cm³/mol. The van der Waals surface area contributed by atoms with Crippen LogP contribution >= 0.6 is 23.2 Å². The third-order valence-electron chi connectivity index (χ3n) is 1.56. The molecule has 4 heteroatoms. The van der Waals surface area contributed by atoms with E-state index in [0.29, 0.717) is 16.8 Å². The number of nitrogens with zero attached hydrogens (tertiary/aromatic N) is 1. The van der Waals surface area contributed by atoms with Gasteiger partial charge in [0.2, 0.25) is 0 Å². The van der Waals surface area contributed by atoms with Gasteiger partial charge in [-0.3, -0.25) is 0 Å². The van der Waals surface area contributed by atoms with Crippen LogP contribution in [-0.2, 0) is 11.3 Å². The lowest BCUT2D eigenvalue weighted by Crippen LogP contribution is -2.18. The largest absolute Gasteiger partial charge is 0.371 e. The third-order valence-corrected chi connectivity index (χ3v) is 2.12. The Balaban J connectivity index is 2.68. The molecule has 1 aromatic heterocycles. The van der Waals surface area contributed by atoms with E-state index in [0.717, 1.165) is 5.56 Å². The summed E-state index contributed by atoms with van der Waals surface area (Å²) in [6, 6.07) is 1.62. The Bertz CT molecular complexity index is 320. The lowest BCUT2D eigenvalue weighted by Gasteiger charge is -2.19. The highest BCUT2D eigenvalue weighted by Crippen LogP contribution is 2.21. The first-order valence-corrected chi connectivity index (χ1v) is 5.08. The Hall–Kier alpha value is -0.310. The molecular formula is C10H13Cl2NO. The lowest BCUT2D eigenvalue weighted by atomic mass is 10.2. The Labute approximate surface area is 94.2 Å². The summed E-state index contributed by atoms with van der Waals surface area (Å²) in [4.78, 5) is 3.94. The van der Waals surface area contributed by atoms with Crippen LogP contribution in [0.3, 0.4) is 0 Å². The van der Waals surface area contributed by atoms with E-state index in [9.17, 15) is 0 Å². The first-order chi connectivity index (χ1) is 6.38. The van der Waals surface area contributed by atoms with Gasteiger partial charge in [-0.15, -0.1) is 0 Å². The van der Waals surface area contributed by atoms with E-state index in [1.807, 2.05) is 20.8 Å². The Morgan fingerprint density at radius 1 is 1.36 bits per heavy atom. The molecule has 78 valence electrons. The normalized spacial score (nSPS) is 11.8. The number of aromatic nitrogens is 1. The molecular weight excluding hydrogens is 221 g/mol. The number of hydrogen-bond donors (Lipinski definition) is 0. The molecule has 0 N–H and O–H groups in total. The second kappa shape index (κ2) is 4.47. The van der Waals surface area contributed by atoms with Crippen molar-refractivity contribution in [2.75, 3.05) is 0 Å². The second-order valence-electron chi connectivity index (χ2n) is 4.00. The molecule has 0 aromatic carbocycles. The first-order valence-electron chi connectivity index (χ1n) is 4.32. The van der Waals surface area contributed by atoms with E-state index >= 15 is 0 Å². The molecule has 0 amide bonds. The molecule has 0 atom stereocenters. The monoisotopic (exact) mass is 233 g/mol. The highest BCUT2D eigenvalue weighted by atomic mass is 35.5. The van der Waals surface area contributed by atoms with Gasteiger partial charge in [0.15, 0.2) is 0 Å². The zero-order chi connectivity index (χ0) is 10.8. The van der Waals surface area contributed by atoms with Crippen LogP contribution in [0.5, 0.6) is 0 Å². The highest BCUT2D eigenvalue weighted by Gasteiger charge is 2.11. The number of pyridine rings is 1. The molecule has 1 rings (SSSR count). The maximum absolute atomic E-state index is 5.95. The molecule has 0 fully saturated rings. The SMILES string of the molecule is CC(C)(C)OCc1cnc(Cl)cc1Cl. The number of hydrogen-bond acceptors (Lipinski definition) is 2. The number of rotatable bonds is 2. The minimum Gasteiger partial charge on any atom is -0.371 e. The maximum Gasteiger partial charge on any atom is 0.130 e. The fourth-order valence-electron chi connectivity index (χ4n) is 0.836. The van der Waals surface area contributed by atoms with E-state index in [1.54, 1.807) is 12.3 Å². The minimum absolute atomic E-state index is 0.178. The lowest BCUT2D eigenvalue weighted by molar-refractivity contribution is -0.0150. The third kappa shape index (κ3) is 3.82. The molecule has 1 heterocycles. The molecule has 0 aliphatic rings. The van der Waals surface area contributed by atoms with Crippen LogP contribution in [-0.4, -0.2) is 10.6 Å². The van der Waals surface area contributed by atoms with Crippen molar-refractivity contribution in [3.63, 3.8) is 0 Å². The van der Waals surface area contributed by atoms with E-state index in [2.05, 4.69) is 4.98 Å². The fourth-order valence-corrected chi connectivity index (χ4v) is 1.26. The van der Waals surface area contributed by atoms with Gasteiger partial charge in [0.25, 0.3) is 0 Å². The van der Waals surface area contributed by atoms with E-state index in [4.69, 9.17) is 27.9 Å². The zero-order valence-corrected chi connectivity index (χ0v) is 9.99. The minimum atomic E-state index is -0.178. The summed E-state index contributed by atoms with van der Waals surface area (Å²) in [6.07, 6.45) is 1.64. The van der Waals surface area contributed by atoms with Crippen LogP contribution in [0.15, 0.2) is 12.3 Å². The van der Waals surface area contributed by atoms with Crippen molar-refractivity contribution in [1.29, 1.82) is 0 Å². The average Bonchev–Trinajstić information content (AvgIpc) is 2.00. The summed E-state index contributed by atoms with van der Waals surface area (Å²) >= 11 is 11.6. The summed E-state index contributed by atoms with van der Waals surface area (Å²) in [5, 5.41) is 0.990. The summed E-state index contributed by atoms with van der Waals surface area (Å²) < 4.78 is 5.57. The summed E-state index contributed by atoms with van der Waals surface area (Å²) in [5.74, 6) is 0. The molecule has 14 heavy (non-hydrogen) atoms. The molecule has 0 unspecified atom stereocenters. The smallest absolute Gasteiger partial charge is 0.130 e. The van der Waals surface area contributed by atoms with E-state index < -0.39 is 0 Å².